The van der Waals surface area contributed by atoms with Crippen LogP contribution in [0.5, 0.6) is 5.75 Å². The summed E-state index contributed by atoms with van der Waals surface area (Å²) < 4.78 is 7.48. The number of hydrogen-bond donors (Lipinski definition) is 1. The molecule has 1 N–H and O–H groups in total. The number of hydrogen-bond acceptors (Lipinski definition) is 7. The molecule has 1 aliphatic rings. The van der Waals surface area contributed by atoms with Crippen LogP contribution in [0.2, 0.25) is 0 Å². The van der Waals surface area contributed by atoms with E-state index < -0.39 is 12.2 Å². The molecule has 1 fully saturated rings. The molecule has 0 aliphatic carbocycles. The van der Waals surface area contributed by atoms with Crippen LogP contribution < -0.4 is 9.64 Å². The van der Waals surface area contributed by atoms with Crippen LogP contribution in [-0.2, 0) is 4.79 Å². The number of aromatic nitrogens is 3. The monoisotopic (exact) mass is 444 g/mol. The van der Waals surface area contributed by atoms with Crippen LogP contribution in [0.25, 0.3) is 16.6 Å². The second-order valence-corrected chi connectivity index (χ2v) is 7.94. The molecule has 0 saturated carbocycles. The van der Waals surface area contributed by atoms with Gasteiger partial charge in [0.05, 0.1) is 29.6 Å². The third kappa shape index (κ3) is 4.45. The number of ether oxygens (including phenoxy) is 1. The number of aliphatic hydroxyl groups excluding tert-OH is 1. The van der Waals surface area contributed by atoms with Crippen LogP contribution in [-0.4, -0.2) is 68.9 Å². The van der Waals surface area contributed by atoms with E-state index in [0.717, 1.165) is 16.9 Å². The fraction of sp³-hybridized carbons (Fsp3) is 0.333. The fourth-order valence-corrected chi connectivity index (χ4v) is 3.74. The maximum absolute atomic E-state index is 11.7. The van der Waals surface area contributed by atoms with Crippen LogP contribution in [0.1, 0.15) is 19.4 Å². The van der Waals surface area contributed by atoms with Gasteiger partial charge in [0.2, 0.25) is 0 Å². The molecule has 3 aromatic rings. The number of carbonyl (C=O) groups excluding carboxylic acids is 1. The van der Waals surface area contributed by atoms with Crippen molar-refractivity contribution in [3.05, 3.63) is 42.4 Å². The van der Waals surface area contributed by atoms with Gasteiger partial charge in [-0.1, -0.05) is 0 Å². The van der Waals surface area contributed by atoms with E-state index in [2.05, 4.69) is 27.0 Å². The smallest absolute Gasteiger partial charge is 0.298 e. The Labute approximate surface area is 191 Å². The predicted molar refractivity (Wildman–Crippen MR) is 123 cm³/mol. The standard InChI is InChI=1S/C24H24N6O3/c1-4-23(32)29-9-7-28(8-10-29)22-6-5-18(13-26-22)21-11-20(33-17(3)16(2)31)15-30-24(21)19(12-25)14-27-30/h1,5-6,11,13-17,31H,7-10H2,2-3H3/t16-,17-/m0/s1. The van der Waals surface area contributed by atoms with E-state index in [1.54, 1.807) is 35.7 Å². The number of carbonyl (C=O) groups is 1. The van der Waals surface area contributed by atoms with Crippen molar-refractivity contribution in [1.82, 2.24) is 19.5 Å². The number of fused-ring (bicyclic) bond motifs is 1. The van der Waals surface area contributed by atoms with Gasteiger partial charge in [-0.25, -0.2) is 9.50 Å². The maximum Gasteiger partial charge on any atom is 0.298 e. The van der Waals surface area contributed by atoms with Crippen LogP contribution in [0.4, 0.5) is 5.82 Å². The van der Waals surface area contributed by atoms with E-state index in [0.29, 0.717) is 43.0 Å². The molecule has 0 unspecified atom stereocenters. The van der Waals surface area contributed by atoms with Gasteiger partial charge in [-0.2, -0.15) is 10.4 Å². The van der Waals surface area contributed by atoms with Crippen molar-refractivity contribution in [3.63, 3.8) is 0 Å². The number of terminal acetylenes is 1. The maximum atomic E-state index is 11.7. The summed E-state index contributed by atoms with van der Waals surface area (Å²) in [5.41, 5.74) is 2.66. The lowest BCUT2D eigenvalue weighted by atomic mass is 10.1. The number of piperazine rings is 1. The predicted octanol–water partition coefficient (Wildman–Crippen LogP) is 1.70. The van der Waals surface area contributed by atoms with Gasteiger partial charge >= 0.3 is 0 Å². The summed E-state index contributed by atoms with van der Waals surface area (Å²) in [6.07, 6.45) is 9.11. The summed E-state index contributed by atoms with van der Waals surface area (Å²) in [6.45, 7) is 5.84. The topological polar surface area (TPSA) is 107 Å². The number of pyridine rings is 2. The molecule has 0 spiro atoms. The van der Waals surface area contributed by atoms with Gasteiger partial charge in [0.25, 0.3) is 5.91 Å². The van der Waals surface area contributed by atoms with Crippen molar-refractivity contribution < 1.29 is 14.6 Å². The highest BCUT2D eigenvalue weighted by molar-refractivity contribution is 5.93. The summed E-state index contributed by atoms with van der Waals surface area (Å²) >= 11 is 0. The van der Waals surface area contributed by atoms with Crippen molar-refractivity contribution in [3.8, 4) is 35.3 Å². The first kappa shape index (κ1) is 22.1. The molecule has 33 heavy (non-hydrogen) atoms. The van der Waals surface area contributed by atoms with E-state index in [-0.39, 0.29) is 5.91 Å². The highest BCUT2D eigenvalue weighted by Gasteiger charge is 2.21. The molecule has 3 aromatic heterocycles. The van der Waals surface area contributed by atoms with Gasteiger partial charge in [0, 0.05) is 43.5 Å². The lowest BCUT2D eigenvalue weighted by molar-refractivity contribution is -0.125. The Bertz CT molecular complexity index is 1240. The van der Waals surface area contributed by atoms with Gasteiger partial charge < -0.3 is 19.6 Å². The first-order valence-electron chi connectivity index (χ1n) is 10.6. The average Bonchev–Trinajstić information content (AvgIpc) is 3.26. The summed E-state index contributed by atoms with van der Waals surface area (Å²) in [4.78, 5) is 20.1. The Balaban J connectivity index is 1.63. The molecule has 0 bridgehead atoms. The highest BCUT2D eigenvalue weighted by atomic mass is 16.5. The first-order chi connectivity index (χ1) is 15.9. The highest BCUT2D eigenvalue weighted by Crippen LogP contribution is 2.32. The lowest BCUT2D eigenvalue weighted by Crippen LogP contribution is -2.48. The largest absolute Gasteiger partial charge is 0.486 e. The van der Waals surface area contributed by atoms with E-state index in [9.17, 15) is 15.2 Å². The second kappa shape index (κ2) is 9.19. The Hall–Kier alpha value is -4.08. The summed E-state index contributed by atoms with van der Waals surface area (Å²) in [5.74, 6) is 3.19. The van der Waals surface area contributed by atoms with Crippen molar-refractivity contribution in [1.29, 1.82) is 5.26 Å². The second-order valence-electron chi connectivity index (χ2n) is 7.94. The molecular weight excluding hydrogens is 420 g/mol. The molecule has 9 nitrogen and oxygen atoms in total. The minimum Gasteiger partial charge on any atom is -0.486 e. The third-order valence-corrected chi connectivity index (χ3v) is 5.78. The minimum absolute atomic E-state index is 0.289. The quantitative estimate of drug-likeness (QED) is 0.597. The lowest BCUT2D eigenvalue weighted by Gasteiger charge is -2.34. The summed E-state index contributed by atoms with van der Waals surface area (Å²) in [5, 5.41) is 23.6. The van der Waals surface area contributed by atoms with Gasteiger partial charge in [-0.05, 0) is 38.0 Å². The van der Waals surface area contributed by atoms with Crippen LogP contribution in [0, 0.1) is 23.7 Å². The van der Waals surface area contributed by atoms with Crippen LogP contribution in [0.3, 0.4) is 0 Å². The normalized spacial score (nSPS) is 15.5. The molecular formula is C24H24N6O3. The van der Waals surface area contributed by atoms with Gasteiger partial charge in [0.1, 0.15) is 23.7 Å². The number of rotatable bonds is 5. The Morgan fingerprint density at radius 1 is 1.24 bits per heavy atom. The number of amides is 1. The van der Waals surface area contributed by atoms with Crippen molar-refractivity contribution in [2.75, 3.05) is 31.1 Å². The van der Waals surface area contributed by atoms with Gasteiger partial charge in [-0.3, -0.25) is 4.79 Å². The van der Waals surface area contributed by atoms with E-state index in [1.807, 2.05) is 18.2 Å². The molecule has 0 radical (unpaired) electrons. The van der Waals surface area contributed by atoms with E-state index >= 15 is 0 Å². The minimum atomic E-state index is -0.645. The molecule has 168 valence electrons. The molecule has 0 aromatic carbocycles. The Morgan fingerprint density at radius 2 is 2.00 bits per heavy atom. The Morgan fingerprint density at radius 3 is 2.61 bits per heavy atom. The molecule has 9 heteroatoms. The zero-order chi connectivity index (χ0) is 23.5. The zero-order valence-electron chi connectivity index (χ0n) is 18.5. The average molecular weight is 444 g/mol. The zero-order valence-corrected chi connectivity index (χ0v) is 18.5. The SMILES string of the molecule is C#CC(=O)N1CCN(c2ccc(-c3cc(O[C@@H](C)[C@H](C)O)cn4ncc(C#N)c34)cn2)CC1. The van der Waals surface area contributed by atoms with Crippen molar-refractivity contribution in [2.45, 2.75) is 26.1 Å². The fourth-order valence-electron chi connectivity index (χ4n) is 3.74. The summed E-state index contributed by atoms with van der Waals surface area (Å²) in [6, 6.07) is 7.86. The molecule has 1 amide bonds. The van der Waals surface area contributed by atoms with Gasteiger partial charge in [-0.15, -0.1) is 6.42 Å². The van der Waals surface area contributed by atoms with Crippen LogP contribution >= 0.6 is 0 Å². The molecule has 4 rings (SSSR count). The van der Waals surface area contributed by atoms with E-state index in [4.69, 9.17) is 11.2 Å². The molecule has 2 atom stereocenters. The van der Waals surface area contributed by atoms with Crippen molar-refractivity contribution in [2.24, 2.45) is 0 Å². The first-order valence-corrected chi connectivity index (χ1v) is 10.6. The van der Waals surface area contributed by atoms with E-state index in [1.165, 1.54) is 6.20 Å². The Kier molecular flexibility index (Phi) is 6.16. The number of nitriles is 1. The van der Waals surface area contributed by atoms with Crippen molar-refractivity contribution >= 4 is 17.2 Å². The van der Waals surface area contributed by atoms with Gasteiger partial charge in [0.15, 0.2) is 0 Å². The number of anilines is 1. The molecule has 4 heterocycles. The number of nitrogens with zero attached hydrogens (tertiary/aromatic N) is 6. The third-order valence-electron chi connectivity index (χ3n) is 5.78. The molecule has 1 aliphatic heterocycles. The summed E-state index contributed by atoms with van der Waals surface area (Å²) in [7, 11) is 0. The number of aliphatic hydroxyl groups is 1. The van der Waals surface area contributed by atoms with Crippen LogP contribution in [0.15, 0.2) is 36.8 Å². The molecule has 1 saturated heterocycles.